The molecule has 2 heteroatoms. The van der Waals surface area contributed by atoms with E-state index in [2.05, 4.69) is 42.6 Å². The van der Waals surface area contributed by atoms with E-state index in [4.69, 9.17) is 4.74 Å². The van der Waals surface area contributed by atoms with Crippen LogP contribution in [0.3, 0.4) is 0 Å². The molecule has 1 aliphatic rings. The Hall–Kier alpha value is -1.28. The third-order valence-electron chi connectivity index (χ3n) is 3.11. The molecule has 1 atom stereocenters. The zero-order chi connectivity index (χ0) is 11.4. The number of ether oxygens (including phenoxy) is 1. The second-order valence-electron chi connectivity index (χ2n) is 4.22. The summed E-state index contributed by atoms with van der Waals surface area (Å²) in [6.45, 7) is 2.99. The first kappa shape index (κ1) is 11.2. The normalized spacial score (nSPS) is 16.8. The minimum absolute atomic E-state index is 0.309. The van der Waals surface area contributed by atoms with Gasteiger partial charge in [0.05, 0.1) is 12.6 Å². The molecule has 86 valence electrons. The van der Waals surface area contributed by atoms with Crippen LogP contribution in [0.2, 0.25) is 0 Å². The highest BCUT2D eigenvalue weighted by atomic mass is 16.5. The van der Waals surface area contributed by atoms with Crippen molar-refractivity contribution in [2.45, 2.75) is 25.8 Å². The third-order valence-corrected chi connectivity index (χ3v) is 3.11. The molecule has 1 unspecified atom stereocenters. The number of nitrogens with one attached hydrogen (secondary N) is 1. The number of rotatable bonds is 4. The summed E-state index contributed by atoms with van der Waals surface area (Å²) in [4.78, 5) is 0. The highest BCUT2D eigenvalue weighted by Gasteiger charge is 2.17. The van der Waals surface area contributed by atoms with Gasteiger partial charge in [-0.3, -0.25) is 0 Å². The van der Waals surface area contributed by atoms with Crippen molar-refractivity contribution in [3.63, 3.8) is 0 Å². The van der Waals surface area contributed by atoms with Crippen LogP contribution in [0.1, 0.15) is 17.5 Å². The fourth-order valence-electron chi connectivity index (χ4n) is 2.08. The minimum atomic E-state index is 0.309. The van der Waals surface area contributed by atoms with E-state index < -0.39 is 0 Å². The van der Waals surface area contributed by atoms with Gasteiger partial charge in [0.1, 0.15) is 5.76 Å². The maximum atomic E-state index is 5.62. The molecule has 0 amide bonds. The van der Waals surface area contributed by atoms with Crippen LogP contribution < -0.4 is 5.32 Å². The average Bonchev–Trinajstić information content (AvgIpc) is 2.81. The Morgan fingerprint density at radius 3 is 2.81 bits per heavy atom. The van der Waals surface area contributed by atoms with Crippen LogP contribution >= 0.6 is 0 Å². The summed E-state index contributed by atoms with van der Waals surface area (Å²) in [5.41, 5.74) is 2.74. The van der Waals surface area contributed by atoms with E-state index in [1.54, 1.807) is 0 Å². The summed E-state index contributed by atoms with van der Waals surface area (Å²) < 4.78 is 5.62. The predicted octanol–water partition coefficient (Wildman–Crippen LogP) is 2.43. The van der Waals surface area contributed by atoms with E-state index in [-0.39, 0.29) is 0 Å². The van der Waals surface area contributed by atoms with E-state index in [0.29, 0.717) is 6.04 Å². The molecule has 0 saturated carbocycles. The fraction of sp³-hybridized carbons (Fsp3) is 0.429. The third kappa shape index (κ3) is 2.45. The van der Waals surface area contributed by atoms with Gasteiger partial charge < -0.3 is 10.1 Å². The van der Waals surface area contributed by atoms with Crippen LogP contribution in [0.25, 0.3) is 0 Å². The summed E-state index contributed by atoms with van der Waals surface area (Å²) in [5, 5.41) is 3.33. The van der Waals surface area contributed by atoms with E-state index >= 15 is 0 Å². The van der Waals surface area contributed by atoms with Crippen molar-refractivity contribution in [1.29, 1.82) is 0 Å². The van der Waals surface area contributed by atoms with Crippen LogP contribution in [-0.4, -0.2) is 19.7 Å². The molecule has 1 N–H and O–H groups in total. The van der Waals surface area contributed by atoms with Crippen LogP contribution in [0.15, 0.2) is 36.1 Å². The van der Waals surface area contributed by atoms with Crippen molar-refractivity contribution >= 4 is 0 Å². The van der Waals surface area contributed by atoms with Gasteiger partial charge in [-0.1, -0.05) is 24.3 Å². The SMILES string of the molecule is CNC(Cc1ccccc1C)C1=CCCO1. The second kappa shape index (κ2) is 5.17. The Morgan fingerprint density at radius 1 is 1.38 bits per heavy atom. The molecule has 0 aromatic heterocycles. The highest BCUT2D eigenvalue weighted by Crippen LogP contribution is 2.18. The Labute approximate surface area is 97.3 Å². The van der Waals surface area contributed by atoms with E-state index in [0.717, 1.165) is 25.2 Å². The number of hydrogen-bond donors (Lipinski definition) is 1. The Kier molecular flexibility index (Phi) is 3.62. The average molecular weight is 217 g/mol. The fourth-order valence-corrected chi connectivity index (χ4v) is 2.08. The summed E-state index contributed by atoms with van der Waals surface area (Å²) in [7, 11) is 1.99. The van der Waals surface area contributed by atoms with Gasteiger partial charge in [0.2, 0.25) is 0 Å². The van der Waals surface area contributed by atoms with E-state index in [9.17, 15) is 0 Å². The number of aryl methyl sites for hydroxylation is 1. The van der Waals surface area contributed by atoms with Gasteiger partial charge in [0, 0.05) is 6.42 Å². The van der Waals surface area contributed by atoms with Gasteiger partial charge >= 0.3 is 0 Å². The van der Waals surface area contributed by atoms with Crippen molar-refractivity contribution in [2.75, 3.05) is 13.7 Å². The Bertz CT molecular complexity index is 384. The molecule has 0 aliphatic carbocycles. The van der Waals surface area contributed by atoms with Gasteiger partial charge in [-0.15, -0.1) is 0 Å². The summed E-state index contributed by atoms with van der Waals surface area (Å²) in [5.74, 6) is 1.10. The van der Waals surface area contributed by atoms with Gasteiger partial charge in [0.15, 0.2) is 0 Å². The molecule has 16 heavy (non-hydrogen) atoms. The quantitative estimate of drug-likeness (QED) is 0.836. The van der Waals surface area contributed by atoms with Crippen LogP contribution in [0.4, 0.5) is 0 Å². The zero-order valence-corrected chi connectivity index (χ0v) is 9.99. The molecule has 1 heterocycles. The number of benzene rings is 1. The molecule has 1 aliphatic heterocycles. The highest BCUT2D eigenvalue weighted by molar-refractivity contribution is 5.28. The maximum absolute atomic E-state index is 5.62. The number of hydrogen-bond acceptors (Lipinski definition) is 2. The summed E-state index contributed by atoms with van der Waals surface area (Å²) in [6.07, 6.45) is 4.23. The lowest BCUT2D eigenvalue weighted by atomic mass is 10.00. The molecule has 0 spiro atoms. The minimum Gasteiger partial charge on any atom is -0.496 e. The molecule has 0 saturated heterocycles. The van der Waals surface area contributed by atoms with Crippen molar-refractivity contribution in [3.05, 3.63) is 47.2 Å². The Morgan fingerprint density at radius 2 is 2.19 bits per heavy atom. The Balaban J connectivity index is 2.10. The van der Waals surface area contributed by atoms with Gasteiger partial charge in [-0.05, 0) is 37.6 Å². The largest absolute Gasteiger partial charge is 0.496 e. The van der Waals surface area contributed by atoms with Gasteiger partial charge in [0.25, 0.3) is 0 Å². The lowest BCUT2D eigenvalue weighted by Gasteiger charge is -2.18. The lowest BCUT2D eigenvalue weighted by Crippen LogP contribution is -2.30. The van der Waals surface area contributed by atoms with Crippen LogP contribution in [0, 0.1) is 6.92 Å². The van der Waals surface area contributed by atoms with E-state index in [1.807, 2.05) is 7.05 Å². The van der Waals surface area contributed by atoms with Crippen molar-refractivity contribution in [2.24, 2.45) is 0 Å². The molecular weight excluding hydrogens is 198 g/mol. The first-order valence-electron chi connectivity index (χ1n) is 5.86. The maximum Gasteiger partial charge on any atom is 0.109 e. The van der Waals surface area contributed by atoms with Crippen LogP contribution in [0.5, 0.6) is 0 Å². The second-order valence-corrected chi connectivity index (χ2v) is 4.22. The van der Waals surface area contributed by atoms with Crippen LogP contribution in [-0.2, 0) is 11.2 Å². The van der Waals surface area contributed by atoms with E-state index in [1.165, 1.54) is 11.1 Å². The topological polar surface area (TPSA) is 21.3 Å². The molecule has 0 radical (unpaired) electrons. The lowest BCUT2D eigenvalue weighted by molar-refractivity contribution is 0.217. The molecule has 2 rings (SSSR count). The molecule has 1 aromatic rings. The van der Waals surface area contributed by atoms with Crippen molar-refractivity contribution in [3.8, 4) is 0 Å². The van der Waals surface area contributed by atoms with Gasteiger partial charge in [-0.2, -0.15) is 0 Å². The standard InChI is InChI=1S/C14H19NO/c1-11-6-3-4-7-12(11)10-13(15-2)14-8-5-9-16-14/h3-4,6-8,13,15H,5,9-10H2,1-2H3. The molecular formula is C14H19NO. The van der Waals surface area contributed by atoms with Gasteiger partial charge in [-0.25, -0.2) is 0 Å². The number of likely N-dealkylation sites (N-methyl/N-ethyl adjacent to an activating group) is 1. The summed E-state index contributed by atoms with van der Waals surface area (Å²) >= 11 is 0. The van der Waals surface area contributed by atoms with Crippen molar-refractivity contribution < 1.29 is 4.74 Å². The summed E-state index contributed by atoms with van der Waals surface area (Å²) in [6, 6.07) is 8.84. The molecule has 2 nitrogen and oxygen atoms in total. The zero-order valence-electron chi connectivity index (χ0n) is 9.99. The van der Waals surface area contributed by atoms with Crippen molar-refractivity contribution in [1.82, 2.24) is 5.32 Å². The monoisotopic (exact) mass is 217 g/mol. The predicted molar refractivity (Wildman–Crippen MR) is 66.4 cm³/mol. The first-order chi connectivity index (χ1) is 7.81. The molecule has 0 bridgehead atoms. The smallest absolute Gasteiger partial charge is 0.109 e. The molecule has 0 fully saturated rings. The first-order valence-corrected chi connectivity index (χ1v) is 5.86. The molecule has 1 aromatic carbocycles.